The van der Waals surface area contributed by atoms with Crippen LogP contribution in [0.2, 0.25) is 0 Å². The zero-order valence-corrected chi connectivity index (χ0v) is 17.8. The summed E-state index contributed by atoms with van der Waals surface area (Å²) in [5.41, 5.74) is 3.23. The first kappa shape index (κ1) is 21.3. The smallest absolute Gasteiger partial charge is 0.300 e. The molecule has 0 bridgehead atoms. The third-order valence-electron chi connectivity index (χ3n) is 5.29. The molecule has 29 heavy (non-hydrogen) atoms. The number of aliphatic carboxylic acids is 1. The first-order valence-corrected chi connectivity index (χ1v) is 10.8. The molecule has 1 fully saturated rings. The number of hydrogen-bond donors (Lipinski definition) is 2. The molecule has 7 heteroatoms. The van der Waals surface area contributed by atoms with E-state index in [0.29, 0.717) is 5.92 Å². The summed E-state index contributed by atoms with van der Waals surface area (Å²) in [6.45, 7) is 4.75. The van der Waals surface area contributed by atoms with Crippen molar-refractivity contribution in [2.75, 3.05) is 26.7 Å². The third-order valence-corrected chi connectivity index (χ3v) is 6.32. The standard InChI is InChI=1S/C20H24N2O2S.C2H4O2/c1-24-18-3-2-15(11-17(18)10-14-4-7-21-12-14)20(23)22-8-5-19-16(13-22)6-9-25-19;1-2(3)4/h2-3,6,9,11,14,21H,4-5,7-8,10,12-13H2,1H3;1H3,(H,3,4). The average molecular weight is 417 g/mol. The summed E-state index contributed by atoms with van der Waals surface area (Å²) in [6, 6.07) is 8.04. The summed E-state index contributed by atoms with van der Waals surface area (Å²) in [5, 5.41) is 13.0. The molecule has 4 rings (SSSR count). The van der Waals surface area contributed by atoms with Gasteiger partial charge in [0.1, 0.15) is 5.75 Å². The Morgan fingerprint density at radius 1 is 1.34 bits per heavy atom. The van der Waals surface area contributed by atoms with Crippen LogP contribution in [0.3, 0.4) is 0 Å². The van der Waals surface area contributed by atoms with Crippen LogP contribution in [-0.2, 0) is 24.2 Å². The second-order valence-corrected chi connectivity index (χ2v) is 8.45. The average Bonchev–Trinajstić information content (AvgIpc) is 3.38. The quantitative estimate of drug-likeness (QED) is 0.800. The lowest BCUT2D eigenvalue weighted by atomic mass is 9.96. The highest BCUT2D eigenvalue weighted by Gasteiger charge is 2.24. The first-order valence-electron chi connectivity index (χ1n) is 9.89. The Labute approximate surface area is 175 Å². The number of ether oxygens (including phenoxy) is 1. The van der Waals surface area contributed by atoms with Crippen LogP contribution in [0.25, 0.3) is 0 Å². The van der Waals surface area contributed by atoms with E-state index in [9.17, 15) is 4.79 Å². The molecule has 2 N–H and O–H groups in total. The van der Waals surface area contributed by atoms with Gasteiger partial charge in [0.25, 0.3) is 11.9 Å². The van der Waals surface area contributed by atoms with Crippen molar-refractivity contribution in [1.82, 2.24) is 10.2 Å². The van der Waals surface area contributed by atoms with Crippen molar-refractivity contribution in [2.24, 2.45) is 5.92 Å². The Morgan fingerprint density at radius 3 is 2.83 bits per heavy atom. The zero-order chi connectivity index (χ0) is 20.8. The van der Waals surface area contributed by atoms with E-state index in [4.69, 9.17) is 14.6 Å². The maximum atomic E-state index is 13.0. The van der Waals surface area contributed by atoms with Crippen LogP contribution >= 0.6 is 11.3 Å². The van der Waals surface area contributed by atoms with Gasteiger partial charge in [-0.05, 0) is 79.0 Å². The van der Waals surface area contributed by atoms with E-state index >= 15 is 0 Å². The zero-order valence-electron chi connectivity index (χ0n) is 16.9. The van der Waals surface area contributed by atoms with E-state index in [1.807, 2.05) is 23.1 Å². The lowest BCUT2D eigenvalue weighted by Crippen LogP contribution is -2.35. The van der Waals surface area contributed by atoms with E-state index in [1.165, 1.54) is 16.9 Å². The van der Waals surface area contributed by atoms with E-state index in [2.05, 4.69) is 16.8 Å². The normalized spacial score (nSPS) is 17.9. The lowest BCUT2D eigenvalue weighted by Gasteiger charge is -2.27. The van der Waals surface area contributed by atoms with Gasteiger partial charge in [0.15, 0.2) is 0 Å². The number of carbonyl (C=O) groups excluding carboxylic acids is 1. The van der Waals surface area contributed by atoms with Gasteiger partial charge in [0.2, 0.25) is 0 Å². The molecule has 2 aliphatic rings. The van der Waals surface area contributed by atoms with Gasteiger partial charge in [-0.2, -0.15) is 0 Å². The fourth-order valence-electron chi connectivity index (χ4n) is 3.88. The molecule has 1 aromatic heterocycles. The highest BCUT2D eigenvalue weighted by Crippen LogP contribution is 2.28. The summed E-state index contributed by atoms with van der Waals surface area (Å²) in [6.07, 6.45) is 3.12. The van der Waals surface area contributed by atoms with Crippen LogP contribution < -0.4 is 10.1 Å². The summed E-state index contributed by atoms with van der Waals surface area (Å²) in [7, 11) is 1.70. The Morgan fingerprint density at radius 2 is 2.14 bits per heavy atom. The number of nitrogens with one attached hydrogen (secondary N) is 1. The van der Waals surface area contributed by atoms with Gasteiger partial charge in [0, 0.05) is 30.5 Å². The SMILES string of the molecule is CC(=O)O.COc1ccc(C(=O)N2CCc3sccc3C2)cc1CC1CCNC1. The molecule has 156 valence electrons. The van der Waals surface area contributed by atoms with Gasteiger partial charge < -0.3 is 20.1 Å². The van der Waals surface area contributed by atoms with Crippen molar-refractivity contribution in [2.45, 2.75) is 32.7 Å². The van der Waals surface area contributed by atoms with Crippen molar-refractivity contribution in [3.8, 4) is 5.75 Å². The van der Waals surface area contributed by atoms with E-state index in [-0.39, 0.29) is 5.91 Å². The van der Waals surface area contributed by atoms with E-state index < -0.39 is 5.97 Å². The predicted molar refractivity (Wildman–Crippen MR) is 114 cm³/mol. The summed E-state index contributed by atoms with van der Waals surface area (Å²) in [5.74, 6) is 0.815. The highest BCUT2D eigenvalue weighted by atomic mass is 32.1. The Bertz CT molecular complexity index is 854. The van der Waals surface area contributed by atoms with Gasteiger partial charge in [-0.25, -0.2) is 0 Å². The van der Waals surface area contributed by atoms with Crippen molar-refractivity contribution in [3.63, 3.8) is 0 Å². The number of carbonyl (C=O) groups is 2. The van der Waals surface area contributed by atoms with Crippen LogP contribution in [0.15, 0.2) is 29.6 Å². The maximum Gasteiger partial charge on any atom is 0.300 e. The lowest BCUT2D eigenvalue weighted by molar-refractivity contribution is -0.134. The fourth-order valence-corrected chi connectivity index (χ4v) is 4.76. The monoisotopic (exact) mass is 416 g/mol. The summed E-state index contributed by atoms with van der Waals surface area (Å²) in [4.78, 5) is 25.4. The summed E-state index contributed by atoms with van der Waals surface area (Å²) >= 11 is 1.80. The number of carboxylic acids is 1. The first-order chi connectivity index (χ1) is 14.0. The number of fused-ring (bicyclic) bond motifs is 1. The molecule has 3 heterocycles. The molecule has 6 nitrogen and oxygen atoms in total. The Hall–Kier alpha value is -2.38. The van der Waals surface area contributed by atoms with Crippen LogP contribution in [0.4, 0.5) is 0 Å². The highest BCUT2D eigenvalue weighted by molar-refractivity contribution is 7.10. The number of benzene rings is 1. The molecule has 0 spiro atoms. The molecule has 1 unspecified atom stereocenters. The van der Waals surface area contributed by atoms with Crippen molar-refractivity contribution in [3.05, 3.63) is 51.2 Å². The van der Waals surface area contributed by atoms with Crippen molar-refractivity contribution >= 4 is 23.2 Å². The number of carboxylic acid groups (broad SMARTS) is 1. The molecular weight excluding hydrogens is 388 g/mol. The van der Waals surface area contributed by atoms with Crippen LogP contribution in [0.1, 0.15) is 39.7 Å². The predicted octanol–water partition coefficient (Wildman–Crippen LogP) is 3.20. The third kappa shape index (κ3) is 5.58. The number of thiophene rings is 1. The van der Waals surface area contributed by atoms with Crippen molar-refractivity contribution in [1.29, 1.82) is 0 Å². The Kier molecular flexibility index (Phi) is 7.28. The molecule has 1 saturated heterocycles. The number of hydrogen-bond acceptors (Lipinski definition) is 5. The minimum Gasteiger partial charge on any atom is -0.496 e. The van der Waals surface area contributed by atoms with E-state index in [0.717, 1.165) is 62.8 Å². The molecule has 0 saturated carbocycles. The minimum absolute atomic E-state index is 0.130. The van der Waals surface area contributed by atoms with E-state index in [1.54, 1.807) is 18.4 Å². The molecular formula is C22H28N2O4S. The number of rotatable bonds is 4. The minimum atomic E-state index is -0.833. The number of amides is 1. The van der Waals surface area contributed by atoms with Gasteiger partial charge in [-0.3, -0.25) is 9.59 Å². The Balaban J connectivity index is 0.000000552. The van der Waals surface area contributed by atoms with Crippen LogP contribution in [0, 0.1) is 5.92 Å². The molecule has 1 amide bonds. The van der Waals surface area contributed by atoms with Gasteiger partial charge in [0.05, 0.1) is 7.11 Å². The van der Waals surface area contributed by atoms with Gasteiger partial charge in [-0.1, -0.05) is 0 Å². The van der Waals surface area contributed by atoms with Gasteiger partial charge in [-0.15, -0.1) is 11.3 Å². The topological polar surface area (TPSA) is 78.9 Å². The maximum absolute atomic E-state index is 13.0. The molecule has 1 aromatic carbocycles. The number of methoxy groups -OCH3 is 1. The second-order valence-electron chi connectivity index (χ2n) is 7.45. The molecule has 1 atom stereocenters. The van der Waals surface area contributed by atoms with Crippen molar-refractivity contribution < 1.29 is 19.4 Å². The second kappa shape index (κ2) is 9.89. The molecule has 2 aliphatic heterocycles. The molecule has 0 radical (unpaired) electrons. The largest absolute Gasteiger partial charge is 0.496 e. The fraction of sp³-hybridized carbons (Fsp3) is 0.455. The van der Waals surface area contributed by atoms with Crippen LogP contribution in [-0.4, -0.2) is 48.6 Å². The number of nitrogens with zero attached hydrogens (tertiary/aromatic N) is 1. The van der Waals surface area contributed by atoms with Gasteiger partial charge >= 0.3 is 0 Å². The molecule has 2 aromatic rings. The summed E-state index contributed by atoms with van der Waals surface area (Å²) < 4.78 is 5.53. The van der Waals surface area contributed by atoms with Crippen LogP contribution in [0.5, 0.6) is 5.75 Å². The molecule has 0 aliphatic carbocycles.